The molecule has 6 nitrogen and oxygen atoms in total. The van der Waals surface area contributed by atoms with Crippen molar-refractivity contribution in [3.05, 3.63) is 88.9 Å². The summed E-state index contributed by atoms with van der Waals surface area (Å²) in [5.41, 5.74) is 6.37. The van der Waals surface area contributed by atoms with Crippen LogP contribution in [-0.4, -0.2) is 20.8 Å². The minimum atomic E-state index is -0.200. The van der Waals surface area contributed by atoms with Crippen LogP contribution in [0, 0.1) is 6.92 Å². The van der Waals surface area contributed by atoms with Crippen molar-refractivity contribution in [1.82, 2.24) is 20.3 Å². The standard InChI is InChI=1S/C24H22N4O2/c1-16-22(23(27-30-16)17-9-4-2-5-10-17)24(29)25-15-20-19-13-8-14-21(19)28(26-20)18-11-6-3-7-12-18/h2-7,9-12H,8,13-15H2,1H3,(H,25,29). The lowest BCUT2D eigenvalue weighted by atomic mass is 10.1. The molecule has 1 aliphatic carbocycles. The summed E-state index contributed by atoms with van der Waals surface area (Å²) in [5, 5.41) is 12.0. The molecule has 2 aromatic carbocycles. The number of amides is 1. The van der Waals surface area contributed by atoms with Crippen molar-refractivity contribution in [3.8, 4) is 16.9 Å². The van der Waals surface area contributed by atoms with Crippen molar-refractivity contribution in [2.45, 2.75) is 32.7 Å². The molecule has 1 N–H and O–H groups in total. The molecule has 0 radical (unpaired) electrons. The average Bonchev–Trinajstić information content (AvgIpc) is 3.49. The number of carbonyl (C=O) groups excluding carboxylic acids is 1. The summed E-state index contributed by atoms with van der Waals surface area (Å²) in [6.07, 6.45) is 3.12. The number of rotatable bonds is 5. The quantitative estimate of drug-likeness (QED) is 0.545. The first-order valence-corrected chi connectivity index (χ1v) is 10.2. The van der Waals surface area contributed by atoms with E-state index in [1.165, 1.54) is 11.3 Å². The lowest BCUT2D eigenvalue weighted by molar-refractivity contribution is 0.0949. The van der Waals surface area contributed by atoms with E-state index in [-0.39, 0.29) is 5.91 Å². The highest BCUT2D eigenvalue weighted by atomic mass is 16.5. The fraction of sp³-hybridized carbons (Fsp3) is 0.208. The van der Waals surface area contributed by atoms with Crippen molar-refractivity contribution < 1.29 is 9.32 Å². The van der Waals surface area contributed by atoms with E-state index in [9.17, 15) is 4.79 Å². The molecule has 0 saturated carbocycles. The van der Waals surface area contributed by atoms with Crippen LogP contribution in [0.1, 0.15) is 39.5 Å². The maximum atomic E-state index is 13.0. The third-order valence-electron chi connectivity index (χ3n) is 5.57. The highest BCUT2D eigenvalue weighted by Crippen LogP contribution is 2.28. The summed E-state index contributed by atoms with van der Waals surface area (Å²) in [7, 11) is 0. The van der Waals surface area contributed by atoms with Crippen LogP contribution in [0.3, 0.4) is 0 Å². The largest absolute Gasteiger partial charge is 0.360 e. The predicted octanol–water partition coefficient (Wildman–Crippen LogP) is 4.25. The van der Waals surface area contributed by atoms with Crippen molar-refractivity contribution in [2.24, 2.45) is 0 Å². The SMILES string of the molecule is Cc1onc(-c2ccccc2)c1C(=O)NCc1nn(-c2ccccc2)c2c1CCC2. The summed E-state index contributed by atoms with van der Waals surface area (Å²) in [5.74, 6) is 0.306. The van der Waals surface area contributed by atoms with E-state index in [0.717, 1.165) is 36.2 Å². The molecule has 0 saturated heterocycles. The Labute approximate surface area is 174 Å². The molecule has 0 unspecified atom stereocenters. The van der Waals surface area contributed by atoms with Crippen molar-refractivity contribution in [2.75, 3.05) is 0 Å². The lowest BCUT2D eigenvalue weighted by Gasteiger charge is -2.06. The molecule has 2 heterocycles. The number of para-hydroxylation sites is 1. The number of hydrogen-bond acceptors (Lipinski definition) is 4. The fourth-order valence-corrected chi connectivity index (χ4v) is 4.12. The molecular weight excluding hydrogens is 376 g/mol. The van der Waals surface area contributed by atoms with Gasteiger partial charge in [0.15, 0.2) is 0 Å². The Hall–Kier alpha value is -3.67. The first-order chi connectivity index (χ1) is 14.7. The van der Waals surface area contributed by atoms with Crippen LogP contribution >= 0.6 is 0 Å². The van der Waals surface area contributed by atoms with Crippen LogP contribution in [0.2, 0.25) is 0 Å². The van der Waals surface area contributed by atoms with E-state index >= 15 is 0 Å². The molecule has 6 heteroatoms. The van der Waals surface area contributed by atoms with Crippen LogP contribution < -0.4 is 5.32 Å². The number of aromatic nitrogens is 3. The van der Waals surface area contributed by atoms with E-state index in [1.807, 2.05) is 53.2 Å². The van der Waals surface area contributed by atoms with Gasteiger partial charge in [0.2, 0.25) is 0 Å². The van der Waals surface area contributed by atoms with Crippen molar-refractivity contribution >= 4 is 5.91 Å². The Bertz CT molecular complexity index is 1190. The summed E-state index contributed by atoms with van der Waals surface area (Å²) >= 11 is 0. The summed E-state index contributed by atoms with van der Waals surface area (Å²) in [6.45, 7) is 2.13. The number of benzene rings is 2. The maximum absolute atomic E-state index is 13.0. The van der Waals surface area contributed by atoms with E-state index in [4.69, 9.17) is 9.62 Å². The number of fused-ring (bicyclic) bond motifs is 1. The molecule has 2 aromatic heterocycles. The summed E-state index contributed by atoms with van der Waals surface area (Å²) < 4.78 is 7.35. The number of aryl methyl sites for hydroxylation is 1. The van der Waals surface area contributed by atoms with Gasteiger partial charge in [-0.15, -0.1) is 0 Å². The number of nitrogens with zero attached hydrogens (tertiary/aromatic N) is 3. The van der Waals surface area contributed by atoms with Gasteiger partial charge < -0.3 is 9.84 Å². The second kappa shape index (κ2) is 7.63. The van der Waals surface area contributed by atoms with Crippen LogP contribution in [0.4, 0.5) is 0 Å². The van der Waals surface area contributed by atoms with Gasteiger partial charge in [-0.05, 0) is 43.9 Å². The monoisotopic (exact) mass is 398 g/mol. The van der Waals surface area contributed by atoms with Gasteiger partial charge in [0.05, 0.1) is 17.9 Å². The van der Waals surface area contributed by atoms with Gasteiger partial charge in [0.25, 0.3) is 5.91 Å². The molecule has 1 aliphatic rings. The number of hydrogen-bond donors (Lipinski definition) is 1. The van der Waals surface area contributed by atoms with Gasteiger partial charge in [0.1, 0.15) is 17.0 Å². The molecule has 0 aliphatic heterocycles. The van der Waals surface area contributed by atoms with Gasteiger partial charge in [-0.1, -0.05) is 53.7 Å². The Morgan fingerprint density at radius 2 is 1.80 bits per heavy atom. The molecule has 4 aromatic rings. The van der Waals surface area contributed by atoms with Gasteiger partial charge in [0, 0.05) is 11.3 Å². The summed E-state index contributed by atoms with van der Waals surface area (Å²) in [4.78, 5) is 13.0. The molecule has 0 atom stereocenters. The van der Waals surface area contributed by atoms with E-state index < -0.39 is 0 Å². The number of nitrogens with one attached hydrogen (secondary N) is 1. The minimum absolute atomic E-state index is 0.200. The van der Waals surface area contributed by atoms with Gasteiger partial charge in [-0.25, -0.2) is 4.68 Å². The molecule has 150 valence electrons. The van der Waals surface area contributed by atoms with Gasteiger partial charge >= 0.3 is 0 Å². The second-order valence-corrected chi connectivity index (χ2v) is 7.48. The first-order valence-electron chi connectivity index (χ1n) is 10.2. The smallest absolute Gasteiger partial charge is 0.257 e. The van der Waals surface area contributed by atoms with Crippen LogP contribution in [0.5, 0.6) is 0 Å². The maximum Gasteiger partial charge on any atom is 0.257 e. The topological polar surface area (TPSA) is 73.0 Å². The van der Waals surface area contributed by atoms with Crippen LogP contribution in [0.25, 0.3) is 16.9 Å². The first kappa shape index (κ1) is 18.4. The molecule has 1 amide bonds. The lowest BCUT2D eigenvalue weighted by Crippen LogP contribution is -2.24. The molecular formula is C24H22N4O2. The normalized spacial score (nSPS) is 12.7. The predicted molar refractivity (Wildman–Crippen MR) is 113 cm³/mol. The minimum Gasteiger partial charge on any atom is -0.360 e. The van der Waals surface area contributed by atoms with Crippen LogP contribution in [0.15, 0.2) is 65.2 Å². The van der Waals surface area contributed by atoms with E-state index in [2.05, 4.69) is 22.6 Å². The third-order valence-corrected chi connectivity index (χ3v) is 5.57. The number of carbonyl (C=O) groups is 1. The Morgan fingerprint density at radius 1 is 1.07 bits per heavy atom. The summed E-state index contributed by atoms with van der Waals surface area (Å²) in [6, 6.07) is 19.7. The molecule has 0 bridgehead atoms. The third kappa shape index (κ3) is 3.20. The van der Waals surface area contributed by atoms with Gasteiger partial charge in [-0.2, -0.15) is 5.10 Å². The fourth-order valence-electron chi connectivity index (χ4n) is 4.12. The zero-order valence-electron chi connectivity index (χ0n) is 16.8. The van der Waals surface area contributed by atoms with E-state index in [1.54, 1.807) is 6.92 Å². The Morgan fingerprint density at radius 3 is 2.57 bits per heavy atom. The molecule has 0 spiro atoms. The molecule has 0 fully saturated rings. The highest BCUT2D eigenvalue weighted by Gasteiger charge is 2.25. The average molecular weight is 398 g/mol. The highest BCUT2D eigenvalue weighted by molar-refractivity contribution is 6.00. The van der Waals surface area contributed by atoms with Crippen molar-refractivity contribution in [3.63, 3.8) is 0 Å². The zero-order chi connectivity index (χ0) is 20.5. The second-order valence-electron chi connectivity index (χ2n) is 7.48. The Kier molecular flexibility index (Phi) is 4.67. The van der Waals surface area contributed by atoms with E-state index in [0.29, 0.717) is 23.6 Å². The van der Waals surface area contributed by atoms with Gasteiger partial charge in [-0.3, -0.25) is 4.79 Å². The Balaban J connectivity index is 1.41. The molecule has 5 rings (SSSR count). The zero-order valence-corrected chi connectivity index (χ0v) is 16.8. The van der Waals surface area contributed by atoms with Crippen LogP contribution in [-0.2, 0) is 19.4 Å². The molecule has 30 heavy (non-hydrogen) atoms. The van der Waals surface area contributed by atoms with Crippen molar-refractivity contribution in [1.29, 1.82) is 0 Å².